The summed E-state index contributed by atoms with van der Waals surface area (Å²) in [4.78, 5) is 25.6. The van der Waals surface area contributed by atoms with Gasteiger partial charge in [0.1, 0.15) is 0 Å². The number of benzene rings is 1. The van der Waals surface area contributed by atoms with E-state index in [-0.39, 0.29) is 21.5 Å². The number of ether oxygens (including phenoxy) is 1. The molecular formula is C21H25BrO3. The van der Waals surface area contributed by atoms with Crippen LogP contribution in [0.1, 0.15) is 61.4 Å². The second kappa shape index (κ2) is 5.94. The first-order valence-electron chi connectivity index (χ1n) is 9.30. The minimum Gasteiger partial charge on any atom is -0.454 e. The number of rotatable bonds is 4. The average Bonchev–Trinajstić information content (AvgIpc) is 2.52. The predicted molar refractivity (Wildman–Crippen MR) is 99.8 cm³/mol. The minimum absolute atomic E-state index is 0.111. The van der Waals surface area contributed by atoms with Crippen molar-refractivity contribution < 1.29 is 14.3 Å². The van der Waals surface area contributed by atoms with Crippen LogP contribution in [0, 0.1) is 24.2 Å². The summed E-state index contributed by atoms with van der Waals surface area (Å²) in [6.07, 6.45) is 5.60. The molecule has 0 aliphatic heterocycles. The number of halogens is 1. The summed E-state index contributed by atoms with van der Waals surface area (Å²) in [5.41, 5.74) is 1.33. The standard InChI is InChI=1S/C21H25BrO3/c1-13-3-5-17(6-4-13)18(23)14(2)25-19(24)20-8-15-7-16(9-20)11-21(22,10-15)12-20/h3-6,14-16H,7-12H2,1-2H3/t14-,15-,16+,20?,21?/m1/s1. The third-order valence-corrected chi connectivity index (χ3v) is 7.34. The van der Waals surface area contributed by atoms with Gasteiger partial charge in [0.15, 0.2) is 6.10 Å². The van der Waals surface area contributed by atoms with Crippen molar-refractivity contribution in [1.82, 2.24) is 0 Å². The Labute approximate surface area is 157 Å². The second-order valence-corrected chi connectivity index (χ2v) is 10.4. The van der Waals surface area contributed by atoms with E-state index in [1.807, 2.05) is 19.1 Å². The zero-order chi connectivity index (χ0) is 17.8. The van der Waals surface area contributed by atoms with Crippen molar-refractivity contribution in [3.8, 4) is 0 Å². The Morgan fingerprint density at radius 1 is 1.12 bits per heavy atom. The van der Waals surface area contributed by atoms with Crippen molar-refractivity contribution in [2.75, 3.05) is 0 Å². The fourth-order valence-corrected chi connectivity index (χ4v) is 7.13. The first-order valence-corrected chi connectivity index (χ1v) is 10.1. The smallest absolute Gasteiger partial charge is 0.312 e. The Balaban J connectivity index is 1.48. The molecule has 2 unspecified atom stereocenters. The topological polar surface area (TPSA) is 43.4 Å². The van der Waals surface area contributed by atoms with Crippen LogP contribution in [0.15, 0.2) is 24.3 Å². The van der Waals surface area contributed by atoms with Gasteiger partial charge in [-0.15, -0.1) is 0 Å². The molecule has 0 radical (unpaired) electrons. The lowest BCUT2D eigenvalue weighted by molar-refractivity contribution is -0.172. The fraction of sp³-hybridized carbons (Fsp3) is 0.619. The summed E-state index contributed by atoms with van der Waals surface area (Å²) >= 11 is 3.92. The normalized spacial score (nSPS) is 36.9. The number of Topliss-reactive ketones (excluding diaryl/α,β-unsaturated/α-hetero) is 1. The van der Waals surface area contributed by atoms with Crippen molar-refractivity contribution in [2.24, 2.45) is 17.3 Å². The Kier molecular flexibility index (Phi) is 4.10. The van der Waals surface area contributed by atoms with Gasteiger partial charge in [0.2, 0.25) is 5.78 Å². The molecule has 3 nitrogen and oxygen atoms in total. The third-order valence-electron chi connectivity index (χ3n) is 6.41. The quantitative estimate of drug-likeness (QED) is 0.409. The average molecular weight is 405 g/mol. The SMILES string of the molecule is Cc1ccc(C(=O)[C@@H](C)OC(=O)C23C[C@@H]4C[C@@H](CC(Br)(C4)C2)C3)cc1. The highest BCUT2D eigenvalue weighted by Gasteiger charge is 2.60. The molecule has 1 aromatic carbocycles. The van der Waals surface area contributed by atoms with E-state index in [9.17, 15) is 9.59 Å². The maximum atomic E-state index is 13.0. The van der Waals surface area contributed by atoms with Gasteiger partial charge in [-0.1, -0.05) is 45.8 Å². The molecule has 1 aromatic rings. The molecule has 4 saturated carbocycles. The summed E-state index contributed by atoms with van der Waals surface area (Å²) in [6.45, 7) is 3.69. The highest BCUT2D eigenvalue weighted by molar-refractivity contribution is 9.10. The van der Waals surface area contributed by atoms with Gasteiger partial charge in [0, 0.05) is 9.89 Å². The van der Waals surface area contributed by atoms with Gasteiger partial charge in [-0.3, -0.25) is 9.59 Å². The molecule has 5 atom stereocenters. The molecule has 25 heavy (non-hydrogen) atoms. The van der Waals surface area contributed by atoms with Gasteiger partial charge in [0.25, 0.3) is 0 Å². The molecule has 134 valence electrons. The minimum atomic E-state index is -0.727. The lowest BCUT2D eigenvalue weighted by Gasteiger charge is -2.58. The number of aryl methyl sites for hydroxylation is 1. The molecular weight excluding hydrogens is 380 g/mol. The first kappa shape index (κ1) is 17.3. The number of alkyl halides is 1. The van der Waals surface area contributed by atoms with E-state index < -0.39 is 6.10 Å². The first-order chi connectivity index (χ1) is 11.8. The summed E-state index contributed by atoms with van der Waals surface area (Å²) in [7, 11) is 0. The van der Waals surface area contributed by atoms with E-state index in [2.05, 4.69) is 15.9 Å². The van der Waals surface area contributed by atoms with Gasteiger partial charge in [-0.25, -0.2) is 0 Å². The molecule has 0 spiro atoms. The van der Waals surface area contributed by atoms with Crippen molar-refractivity contribution in [2.45, 2.75) is 62.8 Å². The third kappa shape index (κ3) is 3.07. The molecule has 0 N–H and O–H groups in total. The molecule has 4 fully saturated rings. The number of hydrogen-bond donors (Lipinski definition) is 0. The van der Waals surface area contributed by atoms with E-state index in [1.165, 1.54) is 19.3 Å². The summed E-state index contributed by atoms with van der Waals surface area (Å²) < 4.78 is 5.83. The van der Waals surface area contributed by atoms with Crippen LogP contribution in [0.25, 0.3) is 0 Å². The molecule has 4 aliphatic rings. The van der Waals surface area contributed by atoms with Crippen LogP contribution >= 0.6 is 15.9 Å². The van der Waals surface area contributed by atoms with Crippen molar-refractivity contribution in [3.63, 3.8) is 0 Å². The number of carbonyl (C=O) groups is 2. The molecule has 0 heterocycles. The number of esters is 1. The molecule has 4 bridgehead atoms. The van der Waals surface area contributed by atoms with Crippen molar-refractivity contribution in [1.29, 1.82) is 0 Å². The van der Waals surface area contributed by atoms with Crippen LogP contribution in [-0.4, -0.2) is 22.2 Å². The maximum Gasteiger partial charge on any atom is 0.312 e. The maximum absolute atomic E-state index is 13.0. The van der Waals surface area contributed by atoms with Crippen LogP contribution in [0.4, 0.5) is 0 Å². The molecule has 0 amide bonds. The van der Waals surface area contributed by atoms with Gasteiger partial charge < -0.3 is 4.74 Å². The van der Waals surface area contributed by atoms with Gasteiger partial charge in [0.05, 0.1) is 5.41 Å². The highest BCUT2D eigenvalue weighted by Crippen LogP contribution is 2.64. The Morgan fingerprint density at radius 3 is 2.28 bits per heavy atom. The summed E-state index contributed by atoms with van der Waals surface area (Å²) in [5, 5.41) is 0. The molecule has 4 heteroatoms. The van der Waals surface area contributed by atoms with Crippen LogP contribution in [-0.2, 0) is 9.53 Å². The molecule has 4 aliphatic carbocycles. The lowest BCUT2D eigenvalue weighted by atomic mass is 9.49. The fourth-order valence-electron chi connectivity index (χ4n) is 5.68. The van der Waals surface area contributed by atoms with Crippen LogP contribution in [0.2, 0.25) is 0 Å². The largest absolute Gasteiger partial charge is 0.454 e. The highest BCUT2D eigenvalue weighted by atomic mass is 79.9. The van der Waals surface area contributed by atoms with E-state index in [0.717, 1.165) is 24.8 Å². The number of hydrogen-bond acceptors (Lipinski definition) is 3. The predicted octanol–water partition coefficient (Wildman–Crippen LogP) is 4.84. The summed E-state index contributed by atoms with van der Waals surface area (Å²) in [6, 6.07) is 7.44. The molecule has 5 rings (SSSR count). The lowest BCUT2D eigenvalue weighted by Crippen LogP contribution is -2.56. The summed E-state index contributed by atoms with van der Waals surface area (Å²) in [5.74, 6) is 0.970. The van der Waals surface area contributed by atoms with E-state index >= 15 is 0 Å². The second-order valence-electron chi connectivity index (χ2n) is 8.67. The Hall–Kier alpha value is -1.16. The zero-order valence-corrected chi connectivity index (χ0v) is 16.5. The van der Waals surface area contributed by atoms with E-state index in [1.54, 1.807) is 19.1 Å². The Bertz CT molecular complexity index is 694. The zero-order valence-electron chi connectivity index (χ0n) is 14.9. The van der Waals surface area contributed by atoms with Gasteiger partial charge in [-0.05, 0) is 64.2 Å². The molecule has 0 aromatic heterocycles. The van der Waals surface area contributed by atoms with E-state index in [4.69, 9.17) is 4.74 Å². The van der Waals surface area contributed by atoms with Crippen LogP contribution in [0.3, 0.4) is 0 Å². The van der Waals surface area contributed by atoms with Gasteiger partial charge in [-0.2, -0.15) is 0 Å². The van der Waals surface area contributed by atoms with Crippen molar-refractivity contribution in [3.05, 3.63) is 35.4 Å². The van der Waals surface area contributed by atoms with E-state index in [0.29, 0.717) is 17.4 Å². The van der Waals surface area contributed by atoms with Crippen molar-refractivity contribution >= 4 is 27.7 Å². The monoisotopic (exact) mass is 404 g/mol. The molecule has 0 saturated heterocycles. The Morgan fingerprint density at radius 2 is 1.72 bits per heavy atom. The van der Waals surface area contributed by atoms with Gasteiger partial charge >= 0.3 is 5.97 Å². The number of carbonyl (C=O) groups excluding carboxylic acids is 2. The van der Waals surface area contributed by atoms with Crippen LogP contribution < -0.4 is 0 Å². The number of ketones is 1. The van der Waals surface area contributed by atoms with Crippen LogP contribution in [0.5, 0.6) is 0 Å².